The first-order valence-electron chi connectivity index (χ1n) is 30.5. The summed E-state index contributed by atoms with van der Waals surface area (Å²) in [5.41, 5.74) is 28.7. The molecule has 0 saturated carbocycles. The van der Waals surface area contributed by atoms with E-state index in [1.165, 1.54) is 33.4 Å². The van der Waals surface area contributed by atoms with Crippen molar-refractivity contribution in [1.29, 1.82) is 0 Å². The van der Waals surface area contributed by atoms with Crippen LogP contribution in [0.5, 0.6) is 0 Å². The molecule has 0 spiro atoms. The molecule has 0 aliphatic carbocycles. The van der Waals surface area contributed by atoms with Crippen molar-refractivity contribution >= 4 is 61.0 Å². The van der Waals surface area contributed by atoms with Crippen LogP contribution in [0.15, 0.2) is 72.8 Å². The molecule has 2 heteroatoms. The fourth-order valence-electron chi connectivity index (χ4n) is 12.3. The van der Waals surface area contributed by atoms with Gasteiger partial charge in [0.25, 0.3) is 0 Å². The third kappa shape index (κ3) is 13.6. The molecule has 0 aliphatic rings. The Bertz CT molecular complexity index is 2140. The van der Waals surface area contributed by atoms with Crippen LogP contribution in [0.3, 0.4) is 0 Å². The first-order chi connectivity index (χ1) is 35.9. The third-order valence-electron chi connectivity index (χ3n) is 16.7. The molecule has 2 radical (unpaired) electrons. The summed E-state index contributed by atoms with van der Waals surface area (Å²) >= 11 is -5.19. The van der Waals surface area contributed by atoms with Gasteiger partial charge in [0.05, 0.1) is 0 Å². The van der Waals surface area contributed by atoms with Gasteiger partial charge in [0, 0.05) is 0 Å². The van der Waals surface area contributed by atoms with Gasteiger partial charge in [-0.3, -0.25) is 0 Å². The maximum absolute atomic E-state index is 2.59. The van der Waals surface area contributed by atoms with Gasteiger partial charge in [-0.05, 0) is 0 Å². The van der Waals surface area contributed by atoms with Crippen LogP contribution in [-0.2, 0) is 116 Å². The van der Waals surface area contributed by atoms with Crippen molar-refractivity contribution in [2.75, 3.05) is 0 Å². The number of aryl methyl sites for hydroxylation is 18. The predicted molar refractivity (Wildman–Crippen MR) is 337 cm³/mol. The van der Waals surface area contributed by atoms with Crippen LogP contribution < -0.4 is 21.5 Å². The summed E-state index contributed by atoms with van der Waals surface area (Å²) in [6.45, 7) is 42.6. The van der Waals surface area contributed by atoms with Gasteiger partial charge in [0.1, 0.15) is 0 Å². The summed E-state index contributed by atoms with van der Waals surface area (Å²) in [5.74, 6) is 0. The van der Waals surface area contributed by atoms with E-state index in [0.717, 1.165) is 116 Å². The average Bonchev–Trinajstić information content (AvgIpc) is 3.46. The van der Waals surface area contributed by atoms with Crippen molar-refractivity contribution < 1.29 is 0 Å². The van der Waals surface area contributed by atoms with Crippen LogP contribution in [0.25, 0.3) is 0 Å². The molecule has 0 heterocycles. The molecule has 0 bridgehead atoms. The Morgan fingerprint density at radius 3 is 0.324 bits per heavy atom. The average molecular weight is 1210 g/mol. The predicted octanol–water partition coefficient (Wildman–Crippen LogP) is 14.5. The van der Waals surface area contributed by atoms with E-state index in [9.17, 15) is 0 Å². The normalized spacial score (nSPS) is 11.5. The Morgan fingerprint density at radius 2 is 0.257 bits per heavy atom. The van der Waals surface area contributed by atoms with Crippen LogP contribution in [0.2, 0.25) is 0 Å². The van der Waals surface area contributed by atoms with Gasteiger partial charge in [0.15, 0.2) is 0 Å². The van der Waals surface area contributed by atoms with Gasteiger partial charge in [-0.2, -0.15) is 0 Å². The van der Waals surface area contributed by atoms with E-state index in [-0.39, 0.29) is 0 Å². The second kappa shape index (κ2) is 30.2. The van der Waals surface area contributed by atoms with E-state index in [2.05, 4.69) is 197 Å². The van der Waals surface area contributed by atoms with Gasteiger partial charge < -0.3 is 0 Å². The zero-order valence-corrected chi connectivity index (χ0v) is 56.4. The number of hydrogen-bond acceptors (Lipinski definition) is 0. The SMILES string of the molecule is CCc1cc(CC)[c]([Sn]([c]2c(CC)cc(CC)cc2CC)[c]2c(CC)cc(CC)cc2CC)c(CC)c1.CCc1cc(CC)[c]([Sn]([c]2c(CC)cc(CC)cc2CC)[c]2c(CC)cc(CC)cc2CC)c(CC)c1. The Labute approximate surface area is 470 Å². The maximum atomic E-state index is 2.57. The number of hydrogen-bond donors (Lipinski definition) is 0. The minimum absolute atomic E-state index is 1.12. The minimum atomic E-state index is -2.59. The van der Waals surface area contributed by atoms with Crippen molar-refractivity contribution in [2.24, 2.45) is 0 Å². The zero-order valence-electron chi connectivity index (χ0n) is 50.7. The Kier molecular flexibility index (Phi) is 25.2. The first kappa shape index (κ1) is 61.8. The summed E-state index contributed by atoms with van der Waals surface area (Å²) in [4.78, 5) is 0. The second-order valence-corrected chi connectivity index (χ2v) is 33.7. The second-order valence-electron chi connectivity index (χ2n) is 20.8. The molecule has 74 heavy (non-hydrogen) atoms. The number of benzene rings is 6. The van der Waals surface area contributed by atoms with Crippen LogP contribution in [0.4, 0.5) is 0 Å². The van der Waals surface area contributed by atoms with E-state index in [1.54, 1.807) is 88.2 Å². The first-order valence-corrected chi connectivity index (χ1v) is 39.1. The van der Waals surface area contributed by atoms with Crippen LogP contribution in [-0.4, -0.2) is 39.5 Å². The summed E-state index contributed by atoms with van der Waals surface area (Å²) < 4.78 is 10.8. The fraction of sp³-hybridized carbons (Fsp3) is 0.500. The molecular weight excluding hydrogens is 1100 g/mol. The van der Waals surface area contributed by atoms with E-state index in [1.807, 2.05) is 0 Å². The molecule has 398 valence electrons. The number of rotatable bonds is 24. The van der Waals surface area contributed by atoms with Crippen molar-refractivity contribution in [1.82, 2.24) is 0 Å². The summed E-state index contributed by atoms with van der Waals surface area (Å²) in [6, 6.07) is 30.9. The molecule has 0 atom stereocenters. The van der Waals surface area contributed by atoms with Crippen LogP contribution in [0.1, 0.15) is 225 Å². The molecule has 0 aromatic heterocycles. The van der Waals surface area contributed by atoms with Gasteiger partial charge in [0.2, 0.25) is 0 Å². The Balaban J connectivity index is 0.000000274. The molecule has 0 unspecified atom stereocenters. The standard InChI is InChI=1S/6C12H17.2Sn/c6*1-4-10-7-11(5-2)9-12(6-3)8-10;;/h6*7-8H,4-6H2,1-3H3;;. The summed E-state index contributed by atoms with van der Waals surface area (Å²) in [7, 11) is 0. The Morgan fingerprint density at radius 1 is 0.162 bits per heavy atom. The topological polar surface area (TPSA) is 0 Å². The zero-order chi connectivity index (χ0) is 54.2. The molecular formula is C72H102Sn2. The molecule has 6 rings (SSSR count). The Hall–Kier alpha value is -3.08. The molecule has 0 N–H and O–H groups in total. The fourth-order valence-corrected chi connectivity index (χ4v) is 36.1. The molecule has 0 amide bonds. The van der Waals surface area contributed by atoms with E-state index >= 15 is 0 Å². The third-order valence-corrected chi connectivity index (χ3v) is 36.2. The molecule has 0 fully saturated rings. The molecule has 0 saturated heterocycles. The van der Waals surface area contributed by atoms with E-state index < -0.39 is 39.5 Å². The van der Waals surface area contributed by atoms with Crippen molar-refractivity contribution in [3.63, 3.8) is 0 Å². The molecule has 6 aromatic rings. The van der Waals surface area contributed by atoms with Crippen molar-refractivity contribution in [2.45, 2.75) is 240 Å². The molecule has 0 nitrogen and oxygen atoms in total. The van der Waals surface area contributed by atoms with Gasteiger partial charge >= 0.3 is 474 Å². The van der Waals surface area contributed by atoms with Crippen LogP contribution in [0, 0.1) is 0 Å². The van der Waals surface area contributed by atoms with Crippen molar-refractivity contribution in [3.8, 4) is 0 Å². The van der Waals surface area contributed by atoms with E-state index in [4.69, 9.17) is 0 Å². The van der Waals surface area contributed by atoms with Crippen molar-refractivity contribution in [3.05, 3.63) is 173 Å². The van der Waals surface area contributed by atoms with Crippen LogP contribution >= 0.6 is 0 Å². The monoisotopic (exact) mass is 1210 g/mol. The molecule has 0 aliphatic heterocycles. The quantitative estimate of drug-likeness (QED) is 0.0530. The van der Waals surface area contributed by atoms with Gasteiger partial charge in [-0.15, -0.1) is 0 Å². The van der Waals surface area contributed by atoms with Gasteiger partial charge in [-0.25, -0.2) is 0 Å². The van der Waals surface area contributed by atoms with Gasteiger partial charge in [-0.1, -0.05) is 0 Å². The molecule has 6 aromatic carbocycles. The van der Waals surface area contributed by atoms with E-state index in [0.29, 0.717) is 0 Å². The summed E-state index contributed by atoms with van der Waals surface area (Å²) in [5, 5.41) is 0. The summed E-state index contributed by atoms with van der Waals surface area (Å²) in [6.07, 6.45) is 20.3.